The minimum absolute atomic E-state index is 0.251. The Labute approximate surface area is 182 Å². The van der Waals surface area contributed by atoms with Gasteiger partial charge in [-0.05, 0) is 91.5 Å². The van der Waals surface area contributed by atoms with E-state index < -0.39 is 5.91 Å². The molecule has 0 bridgehead atoms. The number of phenols is 1. The van der Waals surface area contributed by atoms with E-state index in [9.17, 15) is 9.90 Å². The van der Waals surface area contributed by atoms with Crippen molar-refractivity contribution in [2.45, 2.75) is 37.6 Å². The van der Waals surface area contributed by atoms with Crippen LogP contribution in [-0.2, 0) is 5.41 Å². The van der Waals surface area contributed by atoms with E-state index in [2.05, 4.69) is 24.1 Å². The molecule has 1 saturated heterocycles. The molecular weight excluding hydrogens is 388 g/mol. The highest BCUT2D eigenvalue weighted by Gasteiger charge is 2.48. The van der Waals surface area contributed by atoms with Crippen molar-refractivity contribution in [3.8, 4) is 11.5 Å². The number of hydrogen-bond donors (Lipinski definition) is 2. The average Bonchev–Trinajstić information content (AvgIpc) is 3.54. The van der Waals surface area contributed by atoms with Crippen LogP contribution in [0.3, 0.4) is 0 Å². The Morgan fingerprint density at radius 1 is 1.19 bits per heavy atom. The Balaban J connectivity index is 1.61. The Hall–Kier alpha value is -3.05. The Morgan fingerprint density at radius 3 is 2.61 bits per heavy atom. The number of carbonyl (C=O) groups excluding carboxylic acids is 1. The normalized spacial score (nSPS) is 19.7. The standard InChI is InChI=1S/C26H28N2O3/c1-16-22(25(27)30)13-20(31-15-18-7-10-28(18)2)14-23(16)26(8-9-26)24-12-19(29)11-17-5-3-4-6-21(17)24/h3-6,11-14,18,29H,7-10,15H2,1-2H3,(H2,27,30). The van der Waals surface area contributed by atoms with Crippen LogP contribution in [0.15, 0.2) is 48.5 Å². The minimum atomic E-state index is -0.443. The van der Waals surface area contributed by atoms with Crippen LogP contribution in [-0.4, -0.2) is 42.2 Å². The minimum Gasteiger partial charge on any atom is -0.508 e. The summed E-state index contributed by atoms with van der Waals surface area (Å²) in [5.41, 5.74) is 9.05. The number of likely N-dealkylation sites (N-methyl/N-ethyl adjacent to an activating group) is 1. The van der Waals surface area contributed by atoms with Gasteiger partial charge in [-0.3, -0.25) is 9.69 Å². The van der Waals surface area contributed by atoms with Gasteiger partial charge in [0.1, 0.15) is 18.1 Å². The lowest BCUT2D eigenvalue weighted by molar-refractivity contribution is 0.0767. The molecule has 0 spiro atoms. The number of ether oxygens (including phenoxy) is 1. The number of amides is 1. The van der Waals surface area contributed by atoms with Crippen LogP contribution in [0.5, 0.6) is 11.5 Å². The number of aromatic hydroxyl groups is 1. The van der Waals surface area contributed by atoms with Gasteiger partial charge in [-0.1, -0.05) is 24.3 Å². The maximum Gasteiger partial charge on any atom is 0.249 e. The fourth-order valence-electron chi connectivity index (χ4n) is 5.00. The van der Waals surface area contributed by atoms with Gasteiger partial charge in [-0.15, -0.1) is 0 Å². The van der Waals surface area contributed by atoms with Crippen molar-refractivity contribution in [1.82, 2.24) is 4.90 Å². The van der Waals surface area contributed by atoms with Crippen molar-refractivity contribution >= 4 is 16.7 Å². The molecule has 1 unspecified atom stereocenters. The van der Waals surface area contributed by atoms with Crippen LogP contribution >= 0.6 is 0 Å². The second-order valence-electron chi connectivity index (χ2n) is 9.04. The lowest BCUT2D eigenvalue weighted by Gasteiger charge is -2.37. The summed E-state index contributed by atoms with van der Waals surface area (Å²) in [5.74, 6) is 0.500. The number of carbonyl (C=O) groups is 1. The molecule has 0 radical (unpaired) electrons. The number of likely N-dealkylation sites (tertiary alicyclic amines) is 1. The first-order chi connectivity index (χ1) is 14.9. The van der Waals surface area contributed by atoms with E-state index >= 15 is 0 Å². The van der Waals surface area contributed by atoms with E-state index in [0.29, 0.717) is 24.0 Å². The third-order valence-corrected chi connectivity index (χ3v) is 7.16. The highest BCUT2D eigenvalue weighted by atomic mass is 16.5. The van der Waals surface area contributed by atoms with Crippen LogP contribution in [0.4, 0.5) is 0 Å². The zero-order chi connectivity index (χ0) is 21.8. The first-order valence-corrected chi connectivity index (χ1v) is 10.9. The third-order valence-electron chi connectivity index (χ3n) is 7.16. The van der Waals surface area contributed by atoms with Gasteiger partial charge in [-0.2, -0.15) is 0 Å². The summed E-state index contributed by atoms with van der Waals surface area (Å²) in [5, 5.41) is 12.6. The van der Waals surface area contributed by atoms with Gasteiger partial charge in [0, 0.05) is 17.0 Å². The molecule has 1 saturated carbocycles. The van der Waals surface area contributed by atoms with E-state index in [4.69, 9.17) is 10.5 Å². The Bertz CT molecular complexity index is 1180. The quantitative estimate of drug-likeness (QED) is 0.634. The first-order valence-electron chi connectivity index (χ1n) is 10.9. The van der Waals surface area contributed by atoms with Gasteiger partial charge in [0.25, 0.3) is 0 Å². The number of benzene rings is 3. The van der Waals surface area contributed by atoms with Crippen molar-refractivity contribution < 1.29 is 14.6 Å². The van der Waals surface area contributed by atoms with Crippen molar-refractivity contribution in [3.63, 3.8) is 0 Å². The number of primary amides is 1. The smallest absolute Gasteiger partial charge is 0.249 e. The van der Waals surface area contributed by atoms with Crippen LogP contribution in [0.25, 0.3) is 10.8 Å². The Morgan fingerprint density at radius 2 is 1.97 bits per heavy atom. The summed E-state index contributed by atoms with van der Waals surface area (Å²) in [6, 6.07) is 16.0. The number of phenolic OH excluding ortho intramolecular Hbond substituents is 1. The third kappa shape index (κ3) is 3.33. The molecule has 1 heterocycles. The van der Waals surface area contributed by atoms with Gasteiger partial charge in [0.2, 0.25) is 5.91 Å². The molecule has 3 aromatic carbocycles. The van der Waals surface area contributed by atoms with Gasteiger partial charge in [0.15, 0.2) is 0 Å². The van der Waals surface area contributed by atoms with Crippen LogP contribution in [0, 0.1) is 6.92 Å². The van der Waals surface area contributed by atoms with E-state index in [1.807, 2.05) is 31.2 Å². The molecule has 2 aliphatic rings. The number of nitrogens with zero attached hydrogens (tertiary/aromatic N) is 1. The van der Waals surface area contributed by atoms with Crippen LogP contribution in [0.2, 0.25) is 0 Å². The molecule has 5 nitrogen and oxygen atoms in total. The van der Waals surface area contributed by atoms with Gasteiger partial charge >= 0.3 is 0 Å². The van der Waals surface area contributed by atoms with Gasteiger partial charge < -0.3 is 15.6 Å². The summed E-state index contributed by atoms with van der Waals surface area (Å²) in [6.45, 7) is 3.65. The lowest BCUT2D eigenvalue weighted by atomic mass is 9.81. The lowest BCUT2D eigenvalue weighted by Crippen LogP contribution is -2.48. The summed E-state index contributed by atoms with van der Waals surface area (Å²) in [6.07, 6.45) is 3.03. The second-order valence-corrected chi connectivity index (χ2v) is 9.04. The fraction of sp³-hybridized carbons (Fsp3) is 0.346. The molecule has 3 N–H and O–H groups in total. The number of fused-ring (bicyclic) bond motifs is 1. The molecule has 1 aliphatic heterocycles. The fourth-order valence-corrected chi connectivity index (χ4v) is 5.00. The summed E-state index contributed by atoms with van der Waals surface area (Å²) < 4.78 is 6.14. The zero-order valence-corrected chi connectivity index (χ0v) is 18.0. The van der Waals surface area contributed by atoms with Crippen molar-refractivity contribution in [3.05, 3.63) is 70.8 Å². The average molecular weight is 417 g/mol. The van der Waals surface area contributed by atoms with E-state index in [0.717, 1.165) is 53.3 Å². The molecule has 1 amide bonds. The SMILES string of the molecule is Cc1c(C(N)=O)cc(OCC2CCN2C)cc1C1(c2cc(O)cc3ccccc23)CC1. The van der Waals surface area contributed by atoms with Gasteiger partial charge in [-0.25, -0.2) is 0 Å². The molecule has 31 heavy (non-hydrogen) atoms. The molecule has 0 aromatic heterocycles. The summed E-state index contributed by atoms with van der Waals surface area (Å²) in [7, 11) is 2.10. The number of hydrogen-bond acceptors (Lipinski definition) is 4. The monoisotopic (exact) mass is 416 g/mol. The number of nitrogens with two attached hydrogens (primary N) is 1. The number of rotatable bonds is 6. The van der Waals surface area contributed by atoms with Crippen molar-refractivity contribution in [2.24, 2.45) is 5.73 Å². The molecule has 1 atom stereocenters. The van der Waals surface area contributed by atoms with E-state index in [1.54, 1.807) is 12.1 Å². The van der Waals surface area contributed by atoms with E-state index in [1.165, 1.54) is 0 Å². The molecule has 5 rings (SSSR count). The second kappa shape index (κ2) is 7.27. The van der Waals surface area contributed by atoms with Crippen LogP contribution in [0.1, 0.15) is 46.3 Å². The molecule has 5 heteroatoms. The topological polar surface area (TPSA) is 75.8 Å². The molecule has 1 aliphatic carbocycles. The first kappa shape index (κ1) is 19.9. The van der Waals surface area contributed by atoms with Gasteiger partial charge in [0.05, 0.1) is 0 Å². The van der Waals surface area contributed by atoms with Crippen molar-refractivity contribution in [2.75, 3.05) is 20.2 Å². The van der Waals surface area contributed by atoms with E-state index in [-0.39, 0.29) is 11.2 Å². The van der Waals surface area contributed by atoms with Crippen LogP contribution < -0.4 is 10.5 Å². The largest absolute Gasteiger partial charge is 0.508 e. The van der Waals surface area contributed by atoms with Crippen molar-refractivity contribution in [1.29, 1.82) is 0 Å². The predicted octanol–water partition coefficient (Wildman–Crippen LogP) is 4.12. The maximum atomic E-state index is 12.3. The highest BCUT2D eigenvalue weighted by Crippen LogP contribution is 2.57. The summed E-state index contributed by atoms with van der Waals surface area (Å²) in [4.78, 5) is 14.5. The molecule has 160 valence electrons. The zero-order valence-electron chi connectivity index (χ0n) is 18.0. The molecular formula is C26H28N2O3. The highest BCUT2D eigenvalue weighted by molar-refractivity contribution is 5.96. The maximum absolute atomic E-state index is 12.3. The Kier molecular flexibility index (Phi) is 4.67. The summed E-state index contributed by atoms with van der Waals surface area (Å²) >= 11 is 0. The predicted molar refractivity (Wildman–Crippen MR) is 122 cm³/mol. The molecule has 2 fully saturated rings. The molecule has 3 aromatic rings.